The Morgan fingerprint density at radius 1 is 1.37 bits per heavy atom. The Hall–Kier alpha value is -1.72. The van der Waals surface area contributed by atoms with Crippen molar-refractivity contribution in [3.8, 4) is 11.8 Å². The fourth-order valence-electron chi connectivity index (χ4n) is 1.52. The molecule has 1 atom stereocenters. The van der Waals surface area contributed by atoms with Crippen LogP contribution in [0, 0.1) is 5.82 Å². The van der Waals surface area contributed by atoms with E-state index in [0.717, 1.165) is 5.56 Å². The molecule has 0 amide bonds. The summed E-state index contributed by atoms with van der Waals surface area (Å²) in [7, 11) is 0. The van der Waals surface area contributed by atoms with E-state index in [1.165, 1.54) is 12.1 Å². The van der Waals surface area contributed by atoms with Crippen molar-refractivity contribution in [3.05, 3.63) is 47.0 Å². The number of hydrogen-bond acceptors (Lipinski definition) is 4. The molecular weight excluding hydrogens is 269 g/mol. The molecule has 0 bridgehead atoms. The van der Waals surface area contributed by atoms with E-state index in [9.17, 15) is 4.39 Å². The lowest BCUT2D eigenvalue weighted by Gasteiger charge is -2.06. The highest BCUT2D eigenvalue weighted by molar-refractivity contribution is 6.30. The number of halogens is 2. The molecule has 2 N–H and O–H groups in total. The summed E-state index contributed by atoms with van der Waals surface area (Å²) >= 11 is 5.58. The first-order valence-corrected chi connectivity index (χ1v) is 6.12. The molecule has 100 valence electrons. The van der Waals surface area contributed by atoms with Gasteiger partial charge in [0, 0.05) is 24.5 Å². The second-order valence-electron chi connectivity index (χ2n) is 4.23. The monoisotopic (exact) mass is 281 g/mol. The molecule has 0 aliphatic rings. The van der Waals surface area contributed by atoms with Crippen molar-refractivity contribution in [3.63, 3.8) is 0 Å². The van der Waals surface area contributed by atoms with Gasteiger partial charge >= 0.3 is 6.01 Å². The molecule has 1 unspecified atom stereocenters. The SMILES string of the molecule is CC(N)Cc1cnc(Oc2ccc(Cl)c(F)c2)nc1. The van der Waals surface area contributed by atoms with E-state index in [1.54, 1.807) is 18.5 Å². The predicted molar refractivity (Wildman–Crippen MR) is 70.9 cm³/mol. The number of rotatable bonds is 4. The lowest BCUT2D eigenvalue weighted by molar-refractivity contribution is 0.437. The Labute approximate surface area is 115 Å². The van der Waals surface area contributed by atoms with Gasteiger partial charge in [-0.15, -0.1) is 0 Å². The molecule has 0 aliphatic heterocycles. The van der Waals surface area contributed by atoms with E-state index in [1.807, 2.05) is 6.92 Å². The summed E-state index contributed by atoms with van der Waals surface area (Å²) in [5, 5.41) is 0.0422. The van der Waals surface area contributed by atoms with Crippen LogP contribution in [0.1, 0.15) is 12.5 Å². The number of ether oxygens (including phenoxy) is 1. The van der Waals surface area contributed by atoms with Crippen LogP contribution in [0.2, 0.25) is 5.02 Å². The van der Waals surface area contributed by atoms with Crippen molar-refractivity contribution in [1.29, 1.82) is 0 Å². The highest BCUT2D eigenvalue weighted by Gasteiger charge is 2.05. The summed E-state index contributed by atoms with van der Waals surface area (Å²) in [5.41, 5.74) is 6.60. The minimum Gasteiger partial charge on any atom is -0.424 e. The third-order valence-electron chi connectivity index (χ3n) is 2.34. The zero-order chi connectivity index (χ0) is 13.8. The largest absolute Gasteiger partial charge is 0.424 e. The van der Waals surface area contributed by atoms with E-state index < -0.39 is 5.82 Å². The second kappa shape index (κ2) is 5.95. The topological polar surface area (TPSA) is 61.0 Å². The summed E-state index contributed by atoms with van der Waals surface area (Å²) in [6.45, 7) is 1.90. The molecule has 0 aliphatic carbocycles. The number of hydrogen-bond donors (Lipinski definition) is 1. The van der Waals surface area contributed by atoms with Gasteiger partial charge in [-0.2, -0.15) is 0 Å². The van der Waals surface area contributed by atoms with Gasteiger partial charge in [0.15, 0.2) is 0 Å². The van der Waals surface area contributed by atoms with Crippen LogP contribution in [0.4, 0.5) is 4.39 Å². The molecule has 1 heterocycles. The summed E-state index contributed by atoms with van der Waals surface area (Å²) in [6, 6.07) is 4.33. The maximum Gasteiger partial charge on any atom is 0.321 e. The van der Waals surface area contributed by atoms with Gasteiger partial charge in [0.05, 0.1) is 5.02 Å². The molecule has 2 aromatic rings. The van der Waals surface area contributed by atoms with Crippen molar-refractivity contribution in [2.45, 2.75) is 19.4 Å². The van der Waals surface area contributed by atoms with Crippen LogP contribution in [-0.2, 0) is 6.42 Å². The summed E-state index contributed by atoms with van der Waals surface area (Å²) in [6.07, 6.45) is 3.96. The van der Waals surface area contributed by atoms with E-state index in [0.29, 0.717) is 12.2 Å². The molecule has 4 nitrogen and oxygen atoms in total. The fourth-order valence-corrected chi connectivity index (χ4v) is 1.64. The van der Waals surface area contributed by atoms with Gasteiger partial charge in [-0.3, -0.25) is 0 Å². The molecule has 1 aromatic heterocycles. The summed E-state index contributed by atoms with van der Waals surface area (Å²) in [4.78, 5) is 8.07. The van der Waals surface area contributed by atoms with Crippen LogP contribution >= 0.6 is 11.6 Å². The standard InChI is InChI=1S/C13H13ClFN3O/c1-8(16)4-9-6-17-13(18-7-9)19-10-2-3-11(14)12(15)5-10/h2-3,5-8H,4,16H2,1H3. The van der Waals surface area contributed by atoms with Gasteiger partial charge in [-0.1, -0.05) is 11.6 Å². The van der Waals surface area contributed by atoms with Gasteiger partial charge in [-0.25, -0.2) is 14.4 Å². The molecule has 19 heavy (non-hydrogen) atoms. The molecule has 0 saturated heterocycles. The first kappa shape index (κ1) is 13.7. The second-order valence-corrected chi connectivity index (χ2v) is 4.64. The van der Waals surface area contributed by atoms with Crippen molar-refractivity contribution in [1.82, 2.24) is 9.97 Å². The van der Waals surface area contributed by atoms with Gasteiger partial charge < -0.3 is 10.5 Å². The van der Waals surface area contributed by atoms with E-state index in [4.69, 9.17) is 22.1 Å². The Morgan fingerprint density at radius 3 is 2.63 bits per heavy atom. The molecule has 6 heteroatoms. The fraction of sp³-hybridized carbons (Fsp3) is 0.231. The van der Waals surface area contributed by atoms with E-state index in [-0.39, 0.29) is 17.1 Å². The Kier molecular flexibility index (Phi) is 4.29. The minimum atomic E-state index is -0.548. The maximum atomic E-state index is 13.2. The van der Waals surface area contributed by atoms with Gasteiger partial charge in [0.1, 0.15) is 11.6 Å². The van der Waals surface area contributed by atoms with Crippen LogP contribution < -0.4 is 10.5 Å². The average Bonchev–Trinajstić information content (AvgIpc) is 2.36. The zero-order valence-electron chi connectivity index (χ0n) is 10.3. The van der Waals surface area contributed by atoms with Crippen molar-refractivity contribution in [2.75, 3.05) is 0 Å². The smallest absolute Gasteiger partial charge is 0.321 e. The first-order valence-electron chi connectivity index (χ1n) is 5.74. The molecule has 1 aromatic carbocycles. The van der Waals surface area contributed by atoms with Crippen molar-refractivity contribution < 1.29 is 9.13 Å². The maximum absolute atomic E-state index is 13.2. The number of nitrogens with zero attached hydrogens (tertiary/aromatic N) is 2. The normalized spacial score (nSPS) is 12.2. The zero-order valence-corrected chi connectivity index (χ0v) is 11.1. The van der Waals surface area contributed by atoms with Crippen LogP contribution in [0.25, 0.3) is 0 Å². The van der Waals surface area contributed by atoms with Gasteiger partial charge in [-0.05, 0) is 31.0 Å². The Bertz CT molecular complexity index is 560. The van der Waals surface area contributed by atoms with Crippen LogP contribution in [-0.4, -0.2) is 16.0 Å². The molecule has 0 saturated carbocycles. The summed E-state index contributed by atoms with van der Waals surface area (Å²) in [5.74, 6) is -0.255. The molecular formula is C13H13ClFN3O. The average molecular weight is 282 g/mol. The van der Waals surface area contributed by atoms with Crippen molar-refractivity contribution >= 4 is 11.6 Å². The van der Waals surface area contributed by atoms with Crippen molar-refractivity contribution in [2.24, 2.45) is 5.73 Å². The molecule has 0 fully saturated rings. The number of aromatic nitrogens is 2. The third-order valence-corrected chi connectivity index (χ3v) is 2.65. The number of nitrogens with two attached hydrogens (primary N) is 1. The first-order chi connectivity index (χ1) is 9.04. The quantitative estimate of drug-likeness (QED) is 0.936. The van der Waals surface area contributed by atoms with E-state index >= 15 is 0 Å². The summed E-state index contributed by atoms with van der Waals surface area (Å²) < 4.78 is 18.5. The third kappa shape index (κ3) is 3.87. The highest BCUT2D eigenvalue weighted by atomic mass is 35.5. The van der Waals surface area contributed by atoms with Crippen LogP contribution in [0.3, 0.4) is 0 Å². The lowest BCUT2D eigenvalue weighted by Crippen LogP contribution is -2.17. The number of benzene rings is 1. The molecule has 0 spiro atoms. The predicted octanol–water partition coefficient (Wildman–Crippen LogP) is 2.95. The van der Waals surface area contributed by atoms with Crippen LogP contribution in [0.15, 0.2) is 30.6 Å². The highest BCUT2D eigenvalue weighted by Crippen LogP contribution is 2.23. The van der Waals surface area contributed by atoms with E-state index in [2.05, 4.69) is 9.97 Å². The lowest BCUT2D eigenvalue weighted by atomic mass is 10.1. The minimum absolute atomic E-state index is 0.0422. The molecule has 2 rings (SSSR count). The molecule has 0 radical (unpaired) electrons. The van der Waals surface area contributed by atoms with Gasteiger partial charge in [0.2, 0.25) is 0 Å². The van der Waals surface area contributed by atoms with Gasteiger partial charge in [0.25, 0.3) is 0 Å². The Morgan fingerprint density at radius 2 is 2.05 bits per heavy atom. The van der Waals surface area contributed by atoms with Crippen LogP contribution in [0.5, 0.6) is 11.8 Å². The Balaban J connectivity index is 2.08.